The molecule has 2 aromatic carbocycles. The summed E-state index contributed by atoms with van der Waals surface area (Å²) in [5.41, 5.74) is 1.86. The van der Waals surface area contributed by atoms with E-state index in [1.807, 2.05) is 62.5 Å². The number of nitrogens with zero attached hydrogens (tertiary/aromatic N) is 4. The van der Waals surface area contributed by atoms with Crippen molar-refractivity contribution in [3.05, 3.63) is 115 Å². The number of aromatic amines is 1. The Hall–Kier alpha value is -3.59. The Labute approximate surface area is 220 Å². The molecule has 5 rings (SSSR count). The first-order chi connectivity index (χ1) is 17.3. The average Bonchev–Trinajstić information content (AvgIpc) is 3.31. The van der Waals surface area contributed by atoms with Crippen LogP contribution in [0.1, 0.15) is 24.4 Å². The van der Waals surface area contributed by atoms with Gasteiger partial charge < -0.3 is 0 Å². The van der Waals surface area contributed by atoms with Crippen LogP contribution in [0.15, 0.2) is 82.8 Å². The van der Waals surface area contributed by atoms with Crippen molar-refractivity contribution in [2.75, 3.05) is 0 Å². The summed E-state index contributed by atoms with van der Waals surface area (Å²) in [5, 5.41) is 5.40. The second-order valence-electron chi connectivity index (χ2n) is 8.56. The zero-order chi connectivity index (χ0) is 25.4. The third-order valence-corrected chi connectivity index (χ3v) is 7.77. The van der Waals surface area contributed by atoms with Gasteiger partial charge in [0.15, 0.2) is 0 Å². The predicted octanol–water partition coefficient (Wildman–Crippen LogP) is 5.74. The lowest BCUT2D eigenvalue weighted by atomic mass is 9.85. The SMILES string of the molecule is CC(C)(c1nc(-c2ccccc2)c(-c2cccnc2)s1)c1c(Cl)cc(-n2ncc(=O)[nH]c2=O)cc1Cl. The molecule has 0 atom stereocenters. The van der Waals surface area contributed by atoms with Crippen molar-refractivity contribution >= 4 is 34.5 Å². The van der Waals surface area contributed by atoms with Crippen LogP contribution in [0, 0.1) is 0 Å². The van der Waals surface area contributed by atoms with Gasteiger partial charge in [0, 0.05) is 44.5 Å². The van der Waals surface area contributed by atoms with Crippen LogP contribution in [0.5, 0.6) is 0 Å². The van der Waals surface area contributed by atoms with Crippen molar-refractivity contribution in [1.82, 2.24) is 24.7 Å². The van der Waals surface area contributed by atoms with Crippen molar-refractivity contribution in [3.8, 4) is 27.4 Å². The van der Waals surface area contributed by atoms with Gasteiger partial charge in [0.1, 0.15) is 11.2 Å². The number of aromatic nitrogens is 5. The molecule has 0 saturated carbocycles. The number of benzene rings is 2. The van der Waals surface area contributed by atoms with E-state index in [9.17, 15) is 9.59 Å². The minimum Gasteiger partial charge on any atom is -0.271 e. The van der Waals surface area contributed by atoms with Gasteiger partial charge in [-0.2, -0.15) is 9.78 Å². The van der Waals surface area contributed by atoms with Crippen LogP contribution in [0.2, 0.25) is 10.0 Å². The maximum Gasteiger partial charge on any atom is 0.349 e. The first-order valence-corrected chi connectivity index (χ1v) is 12.5. The van der Waals surface area contributed by atoms with Crippen molar-refractivity contribution in [2.24, 2.45) is 0 Å². The maximum absolute atomic E-state index is 12.2. The summed E-state index contributed by atoms with van der Waals surface area (Å²) in [7, 11) is 0. The van der Waals surface area contributed by atoms with Gasteiger partial charge in [-0.25, -0.2) is 9.78 Å². The van der Waals surface area contributed by atoms with E-state index >= 15 is 0 Å². The molecule has 10 heteroatoms. The molecule has 0 aliphatic heterocycles. The molecule has 3 aromatic heterocycles. The van der Waals surface area contributed by atoms with Gasteiger partial charge in [-0.3, -0.25) is 14.8 Å². The summed E-state index contributed by atoms with van der Waals surface area (Å²) in [6.45, 7) is 4.01. The number of rotatable bonds is 5. The first kappa shape index (κ1) is 24.1. The lowest BCUT2D eigenvalue weighted by Crippen LogP contribution is -2.30. The van der Waals surface area contributed by atoms with Gasteiger partial charge >= 0.3 is 5.69 Å². The molecule has 0 amide bonds. The van der Waals surface area contributed by atoms with E-state index in [2.05, 4.69) is 15.1 Å². The second-order valence-corrected chi connectivity index (χ2v) is 10.4. The molecule has 36 heavy (non-hydrogen) atoms. The fourth-order valence-electron chi connectivity index (χ4n) is 4.00. The number of nitrogens with one attached hydrogen (secondary N) is 1. The highest BCUT2D eigenvalue weighted by atomic mass is 35.5. The molecular formula is C26H19Cl2N5O2S. The molecule has 0 aliphatic carbocycles. The molecule has 0 aliphatic rings. The van der Waals surface area contributed by atoms with Crippen LogP contribution < -0.4 is 11.2 Å². The summed E-state index contributed by atoms with van der Waals surface area (Å²) >= 11 is 15.1. The van der Waals surface area contributed by atoms with Crippen LogP contribution in [-0.4, -0.2) is 24.7 Å². The lowest BCUT2D eigenvalue weighted by Gasteiger charge is -2.26. The number of pyridine rings is 1. The molecule has 0 saturated heterocycles. The highest BCUT2D eigenvalue weighted by Crippen LogP contribution is 2.46. The molecule has 3 heterocycles. The molecule has 0 unspecified atom stereocenters. The molecule has 5 aromatic rings. The average molecular weight is 536 g/mol. The Kier molecular flexibility index (Phi) is 6.34. The summed E-state index contributed by atoms with van der Waals surface area (Å²) in [6.07, 6.45) is 4.57. The minimum atomic E-state index is -0.685. The molecule has 0 bridgehead atoms. The third-order valence-electron chi connectivity index (χ3n) is 5.74. The molecule has 1 N–H and O–H groups in total. The Morgan fingerprint density at radius 1 is 0.944 bits per heavy atom. The normalized spacial score (nSPS) is 11.6. The first-order valence-electron chi connectivity index (χ1n) is 10.9. The van der Waals surface area contributed by atoms with E-state index < -0.39 is 16.7 Å². The standard InChI is InChI=1S/C26H19Cl2N5O2S/c1-26(2,21-18(27)11-17(12-19(21)28)33-25(35)31-20(34)14-30-33)24-32-22(15-7-4-3-5-8-15)23(36-24)16-9-6-10-29-13-16/h3-14H,1-2H3,(H,31,34,35). The van der Waals surface area contributed by atoms with E-state index in [0.717, 1.165) is 37.6 Å². The number of hydrogen-bond donors (Lipinski definition) is 1. The van der Waals surface area contributed by atoms with Crippen LogP contribution in [0.3, 0.4) is 0 Å². The quantitative estimate of drug-likeness (QED) is 0.309. The van der Waals surface area contributed by atoms with Crippen LogP contribution >= 0.6 is 34.5 Å². The van der Waals surface area contributed by atoms with Crippen LogP contribution in [0.4, 0.5) is 0 Å². The zero-order valence-corrected chi connectivity index (χ0v) is 21.5. The van der Waals surface area contributed by atoms with E-state index in [-0.39, 0.29) is 0 Å². The molecular weight excluding hydrogens is 517 g/mol. The largest absolute Gasteiger partial charge is 0.349 e. The number of thiazole rings is 1. The maximum atomic E-state index is 12.2. The number of hydrogen-bond acceptors (Lipinski definition) is 6. The van der Waals surface area contributed by atoms with Crippen LogP contribution in [-0.2, 0) is 5.41 Å². The highest BCUT2D eigenvalue weighted by molar-refractivity contribution is 7.15. The number of halogens is 2. The predicted molar refractivity (Wildman–Crippen MR) is 143 cm³/mol. The summed E-state index contributed by atoms with van der Waals surface area (Å²) in [5.74, 6) is 0. The fraction of sp³-hybridized carbons (Fsp3) is 0.115. The molecule has 7 nitrogen and oxygen atoms in total. The molecule has 0 spiro atoms. The molecule has 180 valence electrons. The highest BCUT2D eigenvalue weighted by Gasteiger charge is 2.33. The summed E-state index contributed by atoms with van der Waals surface area (Å²) in [6, 6.07) is 17.1. The van der Waals surface area contributed by atoms with E-state index in [4.69, 9.17) is 28.2 Å². The van der Waals surface area contributed by atoms with E-state index in [0.29, 0.717) is 21.3 Å². The van der Waals surface area contributed by atoms with Crippen molar-refractivity contribution in [1.29, 1.82) is 0 Å². The van der Waals surface area contributed by atoms with Crippen molar-refractivity contribution < 1.29 is 0 Å². The van der Waals surface area contributed by atoms with Crippen molar-refractivity contribution in [2.45, 2.75) is 19.3 Å². The summed E-state index contributed by atoms with van der Waals surface area (Å²) < 4.78 is 1.04. The lowest BCUT2D eigenvalue weighted by molar-refractivity contribution is 0.635. The van der Waals surface area contributed by atoms with Gasteiger partial charge in [0.2, 0.25) is 0 Å². The Bertz CT molecular complexity index is 1600. The minimum absolute atomic E-state index is 0.339. The zero-order valence-electron chi connectivity index (χ0n) is 19.2. The monoisotopic (exact) mass is 535 g/mol. The fourth-order valence-corrected chi connectivity index (χ4v) is 6.13. The van der Waals surface area contributed by atoms with E-state index in [1.165, 1.54) is 0 Å². The van der Waals surface area contributed by atoms with Gasteiger partial charge in [-0.1, -0.05) is 59.6 Å². The van der Waals surface area contributed by atoms with Gasteiger partial charge in [0.25, 0.3) is 5.56 Å². The third kappa shape index (κ3) is 4.39. The van der Waals surface area contributed by atoms with Gasteiger partial charge in [-0.05, 0) is 32.0 Å². The topological polar surface area (TPSA) is 93.5 Å². The van der Waals surface area contributed by atoms with Crippen molar-refractivity contribution in [3.63, 3.8) is 0 Å². The van der Waals surface area contributed by atoms with E-state index in [1.54, 1.807) is 29.7 Å². The second kappa shape index (κ2) is 9.46. The Morgan fingerprint density at radius 2 is 1.64 bits per heavy atom. The molecule has 0 fully saturated rings. The smallest absolute Gasteiger partial charge is 0.271 e. The van der Waals surface area contributed by atoms with Crippen LogP contribution in [0.25, 0.3) is 27.4 Å². The van der Waals surface area contributed by atoms with Gasteiger partial charge in [-0.15, -0.1) is 11.3 Å². The number of H-pyrrole nitrogens is 1. The Balaban J connectivity index is 1.65. The summed E-state index contributed by atoms with van der Waals surface area (Å²) in [4.78, 5) is 36.1. The Morgan fingerprint density at radius 3 is 2.28 bits per heavy atom. The van der Waals surface area contributed by atoms with Gasteiger partial charge in [0.05, 0.1) is 16.3 Å². The molecule has 0 radical (unpaired) electrons.